The molecule has 3 nitrogen and oxygen atoms in total. The lowest BCUT2D eigenvalue weighted by Crippen LogP contribution is -2.21. The zero-order valence-corrected chi connectivity index (χ0v) is 11.1. The molecule has 1 heterocycles. The normalized spacial score (nSPS) is 13.4. The highest BCUT2D eigenvalue weighted by Gasteiger charge is 2.21. The predicted octanol–water partition coefficient (Wildman–Crippen LogP) is 3.14. The van der Waals surface area contributed by atoms with Gasteiger partial charge in [-0.15, -0.1) is 0 Å². The first-order valence-electron chi connectivity index (χ1n) is 6.11. The molecule has 0 aliphatic carbocycles. The van der Waals surface area contributed by atoms with Crippen molar-refractivity contribution in [2.45, 2.75) is 13.1 Å². The van der Waals surface area contributed by atoms with E-state index in [0.29, 0.717) is 5.02 Å². The summed E-state index contributed by atoms with van der Waals surface area (Å²) < 4.78 is 0. The van der Waals surface area contributed by atoms with Gasteiger partial charge in [0.15, 0.2) is 0 Å². The van der Waals surface area contributed by atoms with Crippen LogP contribution in [0.5, 0.6) is 0 Å². The molecule has 0 radical (unpaired) electrons. The molecule has 19 heavy (non-hydrogen) atoms. The van der Waals surface area contributed by atoms with Gasteiger partial charge in [-0.05, 0) is 29.3 Å². The highest BCUT2D eigenvalue weighted by molar-refractivity contribution is 6.31. The van der Waals surface area contributed by atoms with Crippen LogP contribution in [0.4, 0.5) is 5.69 Å². The van der Waals surface area contributed by atoms with Crippen LogP contribution in [0, 0.1) is 5.41 Å². The van der Waals surface area contributed by atoms with Crippen molar-refractivity contribution >= 4 is 23.1 Å². The van der Waals surface area contributed by atoms with Gasteiger partial charge in [-0.1, -0.05) is 35.9 Å². The maximum Gasteiger partial charge on any atom is 0.124 e. The van der Waals surface area contributed by atoms with Crippen molar-refractivity contribution in [1.82, 2.24) is 0 Å². The fraction of sp³-hybridized carbons (Fsp3) is 0.133. The number of halogens is 1. The highest BCUT2D eigenvalue weighted by atomic mass is 35.5. The molecule has 1 aliphatic heterocycles. The molecule has 0 aromatic heterocycles. The molecule has 0 saturated heterocycles. The van der Waals surface area contributed by atoms with E-state index in [9.17, 15) is 0 Å². The molecule has 0 saturated carbocycles. The number of benzene rings is 2. The van der Waals surface area contributed by atoms with Crippen LogP contribution in [0.15, 0.2) is 42.5 Å². The Hall–Kier alpha value is -2.00. The number of nitrogens with zero attached hydrogens (tertiary/aromatic N) is 1. The minimum atomic E-state index is 0.0719. The maximum atomic E-state index is 7.68. The van der Waals surface area contributed by atoms with Gasteiger partial charge in [-0.25, -0.2) is 0 Å². The van der Waals surface area contributed by atoms with Crippen molar-refractivity contribution in [2.75, 3.05) is 4.90 Å². The van der Waals surface area contributed by atoms with Crippen molar-refractivity contribution in [2.24, 2.45) is 5.73 Å². The average Bonchev–Trinajstić information content (AvgIpc) is 2.81. The number of nitrogens with one attached hydrogen (secondary N) is 1. The number of fused-ring (bicyclic) bond motifs is 1. The molecule has 2 aromatic carbocycles. The van der Waals surface area contributed by atoms with E-state index in [1.54, 1.807) is 6.07 Å². The fourth-order valence-corrected chi connectivity index (χ4v) is 2.66. The number of hydrogen-bond acceptors (Lipinski definition) is 2. The number of anilines is 1. The van der Waals surface area contributed by atoms with Crippen molar-refractivity contribution < 1.29 is 0 Å². The van der Waals surface area contributed by atoms with E-state index in [0.717, 1.165) is 24.3 Å². The molecule has 96 valence electrons. The van der Waals surface area contributed by atoms with Crippen LogP contribution in [-0.4, -0.2) is 5.84 Å². The number of amidine groups is 1. The summed E-state index contributed by atoms with van der Waals surface area (Å²) in [6.45, 7) is 1.66. The third-order valence-electron chi connectivity index (χ3n) is 3.43. The lowest BCUT2D eigenvalue weighted by molar-refractivity contribution is 0.879. The van der Waals surface area contributed by atoms with Gasteiger partial charge in [0.2, 0.25) is 0 Å². The quantitative estimate of drug-likeness (QED) is 0.651. The fourth-order valence-electron chi connectivity index (χ4n) is 2.50. The third-order valence-corrected chi connectivity index (χ3v) is 3.67. The number of nitrogen functional groups attached to an aromatic ring is 1. The summed E-state index contributed by atoms with van der Waals surface area (Å²) in [6, 6.07) is 13.8. The molecular weight excluding hydrogens is 258 g/mol. The van der Waals surface area contributed by atoms with Crippen LogP contribution in [0.3, 0.4) is 0 Å². The minimum absolute atomic E-state index is 0.0719. The van der Waals surface area contributed by atoms with Gasteiger partial charge in [0.25, 0.3) is 0 Å². The van der Waals surface area contributed by atoms with E-state index in [-0.39, 0.29) is 5.84 Å². The van der Waals surface area contributed by atoms with Crippen LogP contribution >= 0.6 is 11.6 Å². The molecule has 3 N–H and O–H groups in total. The standard InChI is InChI=1S/C15H14ClN3/c16-12-5-6-13(15(17)18)14(7-12)19-8-10-3-1-2-4-11(10)9-19/h1-7H,8-9H2,(H3,17,18). The van der Waals surface area contributed by atoms with Crippen LogP contribution < -0.4 is 10.6 Å². The van der Waals surface area contributed by atoms with Gasteiger partial charge < -0.3 is 10.6 Å². The number of nitrogens with two attached hydrogens (primary N) is 1. The van der Waals surface area contributed by atoms with Crippen LogP contribution in [-0.2, 0) is 13.1 Å². The van der Waals surface area contributed by atoms with Gasteiger partial charge in [0.1, 0.15) is 5.84 Å². The zero-order valence-electron chi connectivity index (χ0n) is 10.4. The molecule has 1 aliphatic rings. The van der Waals surface area contributed by atoms with E-state index >= 15 is 0 Å². The van der Waals surface area contributed by atoms with Gasteiger partial charge in [-0.3, -0.25) is 5.41 Å². The molecule has 0 amide bonds. The average molecular weight is 272 g/mol. The van der Waals surface area contributed by atoms with Crippen LogP contribution in [0.25, 0.3) is 0 Å². The van der Waals surface area contributed by atoms with Crippen LogP contribution in [0.2, 0.25) is 5.02 Å². The third kappa shape index (κ3) is 2.17. The monoisotopic (exact) mass is 271 g/mol. The molecule has 0 bridgehead atoms. The Labute approximate surface area is 117 Å². The Morgan fingerprint density at radius 2 is 1.74 bits per heavy atom. The minimum Gasteiger partial charge on any atom is -0.384 e. The summed E-state index contributed by atoms with van der Waals surface area (Å²) in [4.78, 5) is 2.20. The molecule has 0 unspecified atom stereocenters. The summed E-state index contributed by atoms with van der Waals surface area (Å²) in [7, 11) is 0. The Balaban J connectivity index is 2.01. The topological polar surface area (TPSA) is 53.1 Å². The maximum absolute atomic E-state index is 7.68. The van der Waals surface area contributed by atoms with E-state index in [2.05, 4.69) is 17.0 Å². The summed E-state index contributed by atoms with van der Waals surface area (Å²) in [6.07, 6.45) is 0. The zero-order chi connectivity index (χ0) is 13.4. The second-order valence-corrected chi connectivity index (χ2v) is 5.14. The molecule has 0 atom stereocenters. The molecule has 0 spiro atoms. The molecular formula is C15H14ClN3. The Morgan fingerprint density at radius 3 is 2.32 bits per heavy atom. The Bertz CT molecular complexity index is 627. The Morgan fingerprint density at radius 1 is 1.11 bits per heavy atom. The van der Waals surface area contributed by atoms with E-state index < -0.39 is 0 Å². The lowest BCUT2D eigenvalue weighted by Gasteiger charge is -2.21. The first-order chi connectivity index (χ1) is 9.15. The van der Waals surface area contributed by atoms with Crippen molar-refractivity contribution in [3.8, 4) is 0 Å². The Kier molecular flexibility index (Phi) is 2.91. The van der Waals surface area contributed by atoms with Gasteiger partial charge in [-0.2, -0.15) is 0 Å². The first kappa shape index (κ1) is 12.1. The van der Waals surface area contributed by atoms with Crippen molar-refractivity contribution in [1.29, 1.82) is 5.41 Å². The van der Waals surface area contributed by atoms with E-state index in [4.69, 9.17) is 22.7 Å². The van der Waals surface area contributed by atoms with Gasteiger partial charge >= 0.3 is 0 Å². The van der Waals surface area contributed by atoms with Gasteiger partial charge in [0, 0.05) is 29.4 Å². The summed E-state index contributed by atoms with van der Waals surface area (Å²) >= 11 is 6.07. The van der Waals surface area contributed by atoms with E-state index in [1.807, 2.05) is 24.3 Å². The predicted molar refractivity (Wildman–Crippen MR) is 78.8 cm³/mol. The molecule has 2 aromatic rings. The molecule has 3 rings (SSSR count). The second-order valence-electron chi connectivity index (χ2n) is 4.70. The van der Waals surface area contributed by atoms with Gasteiger partial charge in [0.05, 0.1) is 0 Å². The molecule has 4 heteroatoms. The largest absolute Gasteiger partial charge is 0.384 e. The highest BCUT2D eigenvalue weighted by Crippen LogP contribution is 2.32. The lowest BCUT2D eigenvalue weighted by atomic mass is 10.1. The van der Waals surface area contributed by atoms with E-state index in [1.165, 1.54) is 11.1 Å². The van der Waals surface area contributed by atoms with Crippen LogP contribution in [0.1, 0.15) is 16.7 Å². The summed E-state index contributed by atoms with van der Waals surface area (Å²) in [5, 5.41) is 8.34. The number of rotatable bonds is 2. The SMILES string of the molecule is N=C(N)c1ccc(Cl)cc1N1Cc2ccccc2C1. The second kappa shape index (κ2) is 4.59. The van der Waals surface area contributed by atoms with Crippen molar-refractivity contribution in [3.05, 3.63) is 64.2 Å². The summed E-state index contributed by atoms with van der Waals surface area (Å²) in [5.74, 6) is 0.0719. The smallest absolute Gasteiger partial charge is 0.124 e. The van der Waals surface area contributed by atoms with Crippen molar-refractivity contribution in [3.63, 3.8) is 0 Å². The molecule has 0 fully saturated rings. The first-order valence-corrected chi connectivity index (χ1v) is 6.48. The summed E-state index contributed by atoms with van der Waals surface area (Å²) in [5.41, 5.74) is 9.94. The number of hydrogen-bond donors (Lipinski definition) is 2.